The lowest BCUT2D eigenvalue weighted by Gasteiger charge is -2.28. The van der Waals surface area contributed by atoms with Gasteiger partial charge < -0.3 is 5.32 Å². The zero-order valence-corrected chi connectivity index (χ0v) is 14.4. The molecular weight excluding hydrogens is 342 g/mol. The molecule has 1 fully saturated rings. The largest absolute Gasteiger partial charge is 0.314 e. The lowest BCUT2D eigenvalue weighted by molar-refractivity contribution is -0.114. The van der Waals surface area contributed by atoms with E-state index in [1.165, 1.54) is 16.6 Å². The first-order valence-electron chi connectivity index (χ1n) is 8.07. The molecule has 0 amide bonds. The number of nitrogens with one attached hydrogen (secondary N) is 2. The third-order valence-corrected chi connectivity index (χ3v) is 5.65. The molecule has 2 aliphatic rings. The van der Waals surface area contributed by atoms with E-state index < -0.39 is 16.3 Å². The summed E-state index contributed by atoms with van der Waals surface area (Å²) in [5.74, 6) is -0.389. The Bertz CT molecular complexity index is 770. The predicted octanol–water partition coefficient (Wildman–Crippen LogP) is -0.606. The van der Waals surface area contributed by atoms with Gasteiger partial charge in [-0.1, -0.05) is 30.3 Å². The van der Waals surface area contributed by atoms with Crippen LogP contribution in [0.5, 0.6) is 0 Å². The van der Waals surface area contributed by atoms with Crippen LogP contribution < -0.4 is 15.5 Å². The van der Waals surface area contributed by atoms with E-state index in [0.717, 1.165) is 5.56 Å². The Morgan fingerprint density at radius 1 is 1.24 bits per heavy atom. The molecule has 0 spiro atoms. The standard InChI is InChI=1S/C16H20N5O3S/c22-16(14-6-7-18-19-14)15(12-13-4-2-1-3-5-13)20-25(23,24)21-10-8-17-9-11-21/h1-7,15,17,20H,8-12H2/t15-/m0/s1. The fourth-order valence-corrected chi connectivity index (χ4v) is 4.08. The van der Waals surface area contributed by atoms with Crippen molar-refractivity contribution in [3.05, 3.63) is 48.2 Å². The van der Waals surface area contributed by atoms with E-state index in [1.807, 2.05) is 30.3 Å². The second kappa shape index (κ2) is 7.87. The van der Waals surface area contributed by atoms with Crippen LogP contribution in [0.3, 0.4) is 0 Å². The van der Waals surface area contributed by atoms with Gasteiger partial charge in [0.05, 0.1) is 12.2 Å². The zero-order valence-electron chi connectivity index (χ0n) is 13.6. The molecule has 3 rings (SSSR count). The topological polar surface area (TPSA) is 105 Å². The van der Waals surface area contributed by atoms with Crippen LogP contribution in [0.15, 0.2) is 47.7 Å². The Hall–Kier alpha value is -2.07. The van der Waals surface area contributed by atoms with E-state index in [0.29, 0.717) is 26.2 Å². The molecule has 9 heteroatoms. The molecule has 0 unspecified atom stereocenters. The number of piperazine rings is 1. The van der Waals surface area contributed by atoms with Crippen LogP contribution in [0.2, 0.25) is 0 Å². The van der Waals surface area contributed by atoms with Crippen molar-refractivity contribution in [3.63, 3.8) is 0 Å². The van der Waals surface area contributed by atoms with Crippen LogP contribution in [-0.4, -0.2) is 56.4 Å². The van der Waals surface area contributed by atoms with Gasteiger partial charge in [-0.05, 0) is 18.1 Å². The Kier molecular flexibility index (Phi) is 5.59. The van der Waals surface area contributed by atoms with Crippen LogP contribution in [-0.2, 0) is 21.4 Å². The van der Waals surface area contributed by atoms with Gasteiger partial charge in [-0.2, -0.15) is 22.9 Å². The highest BCUT2D eigenvalue weighted by molar-refractivity contribution is 7.87. The Balaban J connectivity index is 1.80. The summed E-state index contributed by atoms with van der Waals surface area (Å²) < 4.78 is 29.2. The molecule has 0 bridgehead atoms. The van der Waals surface area contributed by atoms with E-state index in [9.17, 15) is 13.2 Å². The number of nitrogens with zero attached hydrogens (tertiary/aromatic N) is 3. The van der Waals surface area contributed by atoms with Crippen LogP contribution in [0, 0.1) is 0 Å². The minimum absolute atomic E-state index is 0.156. The molecule has 1 aromatic rings. The van der Waals surface area contributed by atoms with Crippen LogP contribution >= 0.6 is 0 Å². The van der Waals surface area contributed by atoms with E-state index in [-0.39, 0.29) is 17.9 Å². The summed E-state index contributed by atoms with van der Waals surface area (Å²) in [6.45, 7) is 1.93. The fraction of sp³-hybridized carbons (Fsp3) is 0.375. The lowest BCUT2D eigenvalue weighted by Crippen LogP contribution is -2.55. The van der Waals surface area contributed by atoms with Gasteiger partial charge in [0.1, 0.15) is 5.71 Å². The van der Waals surface area contributed by atoms with Gasteiger partial charge >= 0.3 is 0 Å². The first-order chi connectivity index (χ1) is 12.1. The van der Waals surface area contributed by atoms with Gasteiger partial charge in [-0.3, -0.25) is 4.79 Å². The highest BCUT2D eigenvalue weighted by Gasteiger charge is 2.32. The molecule has 1 radical (unpaired) electrons. The first-order valence-corrected chi connectivity index (χ1v) is 9.51. The van der Waals surface area contributed by atoms with Gasteiger partial charge in [0.15, 0.2) is 0 Å². The molecule has 1 atom stereocenters. The Morgan fingerprint density at radius 2 is 1.96 bits per heavy atom. The van der Waals surface area contributed by atoms with Crippen LogP contribution in [0.25, 0.3) is 0 Å². The molecule has 2 heterocycles. The quantitative estimate of drug-likeness (QED) is 0.675. The molecule has 2 aliphatic heterocycles. The lowest BCUT2D eigenvalue weighted by atomic mass is 10.0. The van der Waals surface area contributed by atoms with Crippen molar-refractivity contribution in [2.24, 2.45) is 5.10 Å². The van der Waals surface area contributed by atoms with Crippen molar-refractivity contribution in [1.29, 1.82) is 0 Å². The van der Waals surface area contributed by atoms with Gasteiger partial charge in [-0.15, -0.1) is 5.10 Å². The fourth-order valence-electron chi connectivity index (χ4n) is 2.72. The zero-order chi connectivity index (χ0) is 17.7. The molecular formula is C16H20N5O3S. The number of hydrogen-bond acceptors (Lipinski definition) is 5. The minimum Gasteiger partial charge on any atom is -0.314 e. The van der Waals surface area contributed by atoms with Gasteiger partial charge in [0, 0.05) is 26.2 Å². The molecule has 0 aromatic heterocycles. The normalized spacial score (nSPS) is 19.3. The molecule has 1 saturated heterocycles. The van der Waals surface area contributed by atoms with Crippen LogP contribution in [0.4, 0.5) is 0 Å². The molecule has 25 heavy (non-hydrogen) atoms. The predicted molar refractivity (Wildman–Crippen MR) is 94.1 cm³/mol. The van der Waals surface area contributed by atoms with Gasteiger partial charge in [0.25, 0.3) is 10.2 Å². The average molecular weight is 362 g/mol. The molecule has 133 valence electrons. The number of allylic oxidation sites excluding steroid dienone is 1. The second-order valence-corrected chi connectivity index (χ2v) is 7.50. The summed E-state index contributed by atoms with van der Waals surface area (Å²) >= 11 is 0. The number of rotatable bonds is 7. The first kappa shape index (κ1) is 17.7. The highest BCUT2D eigenvalue weighted by Crippen LogP contribution is 2.10. The summed E-state index contributed by atoms with van der Waals surface area (Å²) in [6, 6.07) is 8.35. The number of carbonyl (C=O) groups excluding carboxylic acids is 1. The number of hydrogen-bond donors (Lipinski definition) is 2. The van der Waals surface area contributed by atoms with E-state index in [2.05, 4.69) is 20.6 Å². The van der Waals surface area contributed by atoms with Crippen molar-refractivity contribution < 1.29 is 13.2 Å². The summed E-state index contributed by atoms with van der Waals surface area (Å²) in [4.78, 5) is 12.7. The van der Waals surface area contributed by atoms with E-state index >= 15 is 0 Å². The van der Waals surface area contributed by atoms with Crippen molar-refractivity contribution in [1.82, 2.24) is 19.8 Å². The SMILES string of the molecule is O=C(C1=N[N]C=C1)[C@H](Cc1ccccc1)NS(=O)(=O)N1CCNCC1. The van der Waals surface area contributed by atoms with E-state index in [1.54, 1.807) is 0 Å². The van der Waals surface area contributed by atoms with Crippen molar-refractivity contribution in [2.45, 2.75) is 12.5 Å². The Morgan fingerprint density at radius 3 is 2.60 bits per heavy atom. The summed E-state index contributed by atoms with van der Waals surface area (Å²) in [5.41, 5.74) is 4.67. The van der Waals surface area contributed by atoms with Crippen molar-refractivity contribution >= 4 is 21.7 Å². The molecule has 1 aromatic carbocycles. The van der Waals surface area contributed by atoms with Crippen LogP contribution in [0.1, 0.15) is 5.56 Å². The maximum absolute atomic E-state index is 12.7. The average Bonchev–Trinajstić information content (AvgIpc) is 3.17. The second-order valence-electron chi connectivity index (χ2n) is 5.79. The summed E-state index contributed by atoms with van der Waals surface area (Å²) in [6.07, 6.45) is 3.15. The molecule has 8 nitrogen and oxygen atoms in total. The van der Waals surface area contributed by atoms with E-state index in [4.69, 9.17) is 0 Å². The van der Waals surface area contributed by atoms with Crippen molar-refractivity contribution in [3.8, 4) is 0 Å². The number of carbonyl (C=O) groups is 1. The third-order valence-electron chi connectivity index (χ3n) is 4.02. The van der Waals surface area contributed by atoms with Crippen molar-refractivity contribution in [2.75, 3.05) is 26.2 Å². The monoisotopic (exact) mass is 362 g/mol. The smallest absolute Gasteiger partial charge is 0.280 e. The Labute approximate surface area is 147 Å². The molecule has 0 saturated carbocycles. The maximum atomic E-state index is 12.7. The number of benzene rings is 1. The minimum atomic E-state index is -3.76. The molecule has 0 aliphatic carbocycles. The van der Waals surface area contributed by atoms with Gasteiger partial charge in [0.2, 0.25) is 5.78 Å². The maximum Gasteiger partial charge on any atom is 0.280 e. The number of ketones is 1. The van der Waals surface area contributed by atoms with Gasteiger partial charge in [-0.25, -0.2) is 0 Å². The summed E-state index contributed by atoms with van der Waals surface area (Å²) in [5, 5.41) is 6.87. The molecule has 2 N–H and O–H groups in total. The third kappa shape index (κ3) is 4.51. The summed E-state index contributed by atoms with van der Waals surface area (Å²) in [7, 11) is -3.76. The highest BCUT2D eigenvalue weighted by atomic mass is 32.2. The number of Topliss-reactive ketones (excluding diaryl/α,β-unsaturated/α-hetero) is 1.